The maximum atomic E-state index is 15.7. The smallest absolute Gasteiger partial charge is 0.404 e. The van der Waals surface area contributed by atoms with Crippen LogP contribution in [0.25, 0.3) is 0 Å². The fourth-order valence-corrected chi connectivity index (χ4v) is 4.29. The van der Waals surface area contributed by atoms with Gasteiger partial charge in [0, 0.05) is 11.8 Å². The summed E-state index contributed by atoms with van der Waals surface area (Å²) in [6.07, 6.45) is -5.64. The molecular formula is C17H16FN2O9PS. The summed E-state index contributed by atoms with van der Waals surface area (Å²) < 4.78 is 64.7. The van der Waals surface area contributed by atoms with E-state index in [-0.39, 0.29) is 18.6 Å². The summed E-state index contributed by atoms with van der Waals surface area (Å²) in [5.41, 5.74) is -0.847. The Bertz CT molecular complexity index is 1270. The number of carbonyl (C=O) groups excluding carboxylic acids is 1. The van der Waals surface area contributed by atoms with Gasteiger partial charge in [0.15, 0.2) is 17.3 Å². The predicted molar refractivity (Wildman–Crippen MR) is 103 cm³/mol. The minimum absolute atomic E-state index is 0.0579. The van der Waals surface area contributed by atoms with Crippen LogP contribution in [0.2, 0.25) is 0 Å². The van der Waals surface area contributed by atoms with Crippen molar-refractivity contribution in [3.63, 3.8) is 0 Å². The molecule has 4 rings (SSSR count). The molecule has 3 N–H and O–H groups in total. The van der Waals surface area contributed by atoms with Gasteiger partial charge >= 0.3 is 7.82 Å². The fraction of sp³-hybridized carbons (Fsp3) is 0.353. The molecule has 2 aromatic rings. The molecule has 0 aliphatic carbocycles. The number of aliphatic hydroxyl groups is 2. The lowest BCUT2D eigenvalue weighted by atomic mass is 10.1. The molecule has 0 amide bonds. The van der Waals surface area contributed by atoms with Gasteiger partial charge in [0.25, 0.3) is 11.4 Å². The van der Waals surface area contributed by atoms with Crippen molar-refractivity contribution in [1.29, 1.82) is 0 Å². The Morgan fingerprint density at radius 1 is 1.48 bits per heavy atom. The van der Waals surface area contributed by atoms with Gasteiger partial charge in [0.05, 0.1) is 14.9 Å². The summed E-state index contributed by atoms with van der Waals surface area (Å²) in [4.78, 5) is 24.8. The Kier molecular flexibility index (Phi) is 5.03. The molecule has 1 saturated heterocycles. The van der Waals surface area contributed by atoms with E-state index in [9.17, 15) is 24.4 Å². The van der Waals surface area contributed by atoms with Crippen molar-refractivity contribution in [2.75, 3.05) is 6.56 Å². The number of aliphatic hydroxyl groups excluding tert-OH is 2. The third-order valence-corrected chi connectivity index (χ3v) is 6.04. The van der Waals surface area contributed by atoms with Crippen molar-refractivity contribution in [3.8, 4) is 5.75 Å². The third kappa shape index (κ3) is 4.01. The quantitative estimate of drug-likeness (QED) is 0.328. The SMILES string of the molecule is [2H]C([2H])(OP1(=O)OCc2ccccc2O1)[C@@]1(F)O[C@@H](n2cc(C=O)c(=O)[nH]c2=S)[C@H](O)[C@@H]1O. The molecular weight excluding hydrogens is 458 g/mol. The summed E-state index contributed by atoms with van der Waals surface area (Å²) in [6, 6.07) is 6.21. The predicted octanol–water partition coefficient (Wildman–Crippen LogP) is 1.37. The number of para-hydroxylation sites is 1. The number of aldehydes is 1. The number of carbonyl (C=O) groups is 1. The minimum Gasteiger partial charge on any atom is -0.404 e. The number of ether oxygens (including phenoxy) is 1. The van der Waals surface area contributed by atoms with E-state index in [1.54, 1.807) is 18.2 Å². The Morgan fingerprint density at radius 2 is 2.23 bits per heavy atom. The van der Waals surface area contributed by atoms with Crippen LogP contribution in [0.3, 0.4) is 0 Å². The first kappa shape index (κ1) is 19.4. The molecule has 3 heterocycles. The second kappa shape index (κ2) is 8.02. The minimum atomic E-state index is -4.74. The standard InChI is InChI=1S/C17H16FN2O9PS/c18-17(8-27-30(25)26-7-9-3-1-2-4-11(9)29-30)13(23)12(22)15(28-17)20-5-10(6-21)14(24)19-16(20)31/h1-6,12-13,15,22-23H,7-8H2,(H,19,24,31)/t12-,13+,15-,17-,30?/m1/s1/i8D2. The Labute approximate surface area is 181 Å². The number of halogens is 1. The topological polar surface area (TPSA) is 149 Å². The van der Waals surface area contributed by atoms with Crippen LogP contribution >= 0.6 is 20.0 Å². The number of phosphoric ester groups is 1. The zero-order valence-electron chi connectivity index (χ0n) is 17.3. The van der Waals surface area contributed by atoms with Crippen LogP contribution in [-0.2, 0) is 25.0 Å². The highest BCUT2D eigenvalue weighted by atomic mass is 32.1. The molecule has 2 aliphatic heterocycles. The molecule has 5 atom stereocenters. The van der Waals surface area contributed by atoms with Crippen LogP contribution in [0.15, 0.2) is 35.3 Å². The Hall–Kier alpha value is -2.25. The number of nitrogens with zero attached hydrogens (tertiary/aromatic N) is 1. The van der Waals surface area contributed by atoms with Crippen molar-refractivity contribution in [1.82, 2.24) is 9.55 Å². The van der Waals surface area contributed by atoms with E-state index in [4.69, 9.17) is 33.3 Å². The molecule has 0 radical (unpaired) electrons. The lowest BCUT2D eigenvalue weighted by molar-refractivity contribution is -0.205. The molecule has 2 aliphatic rings. The van der Waals surface area contributed by atoms with E-state index >= 15 is 4.39 Å². The molecule has 0 saturated carbocycles. The number of aromatic nitrogens is 2. The number of alkyl halides is 1. The number of hydrogen-bond donors (Lipinski definition) is 3. The second-order valence-corrected chi connectivity index (χ2v) is 8.48. The summed E-state index contributed by atoms with van der Waals surface area (Å²) in [5.74, 6) is -3.76. The second-order valence-electron chi connectivity index (χ2n) is 6.57. The molecule has 11 nitrogen and oxygen atoms in total. The molecule has 166 valence electrons. The van der Waals surface area contributed by atoms with Crippen LogP contribution in [0.1, 0.15) is 24.9 Å². The van der Waals surface area contributed by atoms with Gasteiger partial charge in [0.1, 0.15) is 24.5 Å². The lowest BCUT2D eigenvalue weighted by Crippen LogP contribution is -2.43. The highest BCUT2D eigenvalue weighted by molar-refractivity contribution is 7.71. The Balaban J connectivity index is 1.64. The van der Waals surface area contributed by atoms with Gasteiger partial charge in [-0.1, -0.05) is 18.2 Å². The highest BCUT2D eigenvalue weighted by Gasteiger charge is 2.57. The number of phosphoric acid groups is 1. The summed E-state index contributed by atoms with van der Waals surface area (Å²) in [7, 11) is -4.74. The first-order valence-corrected chi connectivity index (χ1v) is 10.5. The number of rotatable bonds is 5. The fourth-order valence-electron chi connectivity index (χ4n) is 2.94. The average Bonchev–Trinajstić information content (AvgIpc) is 2.98. The summed E-state index contributed by atoms with van der Waals surface area (Å²) in [5, 5.41) is 20.6. The van der Waals surface area contributed by atoms with E-state index in [2.05, 4.69) is 4.98 Å². The third-order valence-electron chi connectivity index (χ3n) is 4.54. The van der Waals surface area contributed by atoms with E-state index in [0.717, 1.165) is 10.8 Å². The monoisotopic (exact) mass is 476 g/mol. The largest absolute Gasteiger partial charge is 0.530 e. The van der Waals surface area contributed by atoms with Crippen LogP contribution in [-0.4, -0.2) is 50.7 Å². The van der Waals surface area contributed by atoms with E-state index in [1.807, 2.05) is 0 Å². The molecule has 1 aromatic carbocycles. The molecule has 0 bridgehead atoms. The van der Waals surface area contributed by atoms with Gasteiger partial charge in [-0.2, -0.15) is 0 Å². The van der Waals surface area contributed by atoms with Crippen molar-refractivity contribution < 1.29 is 45.0 Å². The molecule has 0 spiro atoms. The van der Waals surface area contributed by atoms with E-state index < -0.39 is 54.6 Å². The molecule has 1 fully saturated rings. The number of nitrogens with one attached hydrogen (secondary N) is 1. The van der Waals surface area contributed by atoms with Crippen molar-refractivity contribution in [2.24, 2.45) is 0 Å². The van der Waals surface area contributed by atoms with E-state index in [1.165, 1.54) is 6.07 Å². The van der Waals surface area contributed by atoms with Crippen molar-refractivity contribution in [2.45, 2.75) is 30.9 Å². The maximum Gasteiger partial charge on any atom is 0.530 e. The van der Waals surface area contributed by atoms with Crippen LogP contribution < -0.4 is 10.1 Å². The van der Waals surface area contributed by atoms with Crippen LogP contribution in [0.5, 0.6) is 5.75 Å². The average molecular weight is 476 g/mol. The highest BCUT2D eigenvalue weighted by Crippen LogP contribution is 2.55. The number of hydrogen-bond acceptors (Lipinski definition) is 10. The first-order chi connectivity index (χ1) is 15.4. The van der Waals surface area contributed by atoms with Gasteiger partial charge < -0.3 is 19.5 Å². The zero-order chi connectivity index (χ0) is 24.2. The number of H-pyrrole nitrogens is 1. The summed E-state index contributed by atoms with van der Waals surface area (Å²) in [6.45, 7) is -3.99. The van der Waals surface area contributed by atoms with Crippen molar-refractivity contribution >= 4 is 26.3 Å². The number of fused-ring (bicyclic) bond motifs is 1. The van der Waals surface area contributed by atoms with Crippen LogP contribution in [0, 0.1) is 4.77 Å². The molecule has 1 unspecified atom stereocenters. The van der Waals surface area contributed by atoms with Gasteiger partial charge in [-0.05, 0) is 18.3 Å². The van der Waals surface area contributed by atoms with Crippen molar-refractivity contribution in [3.05, 3.63) is 56.7 Å². The Morgan fingerprint density at radius 3 is 2.97 bits per heavy atom. The first-order valence-electron chi connectivity index (χ1n) is 9.67. The van der Waals surface area contributed by atoms with Gasteiger partial charge in [0.2, 0.25) is 0 Å². The normalized spacial score (nSPS) is 33.7. The lowest BCUT2D eigenvalue weighted by Gasteiger charge is -2.28. The molecule has 31 heavy (non-hydrogen) atoms. The van der Waals surface area contributed by atoms with Crippen LogP contribution in [0.4, 0.5) is 4.39 Å². The maximum absolute atomic E-state index is 15.7. The van der Waals surface area contributed by atoms with Gasteiger partial charge in [-0.15, -0.1) is 0 Å². The zero-order valence-corrected chi connectivity index (χ0v) is 17.0. The number of benzene rings is 1. The van der Waals surface area contributed by atoms with E-state index in [0.29, 0.717) is 5.56 Å². The number of aromatic amines is 1. The molecule has 1 aromatic heterocycles. The van der Waals surface area contributed by atoms with Gasteiger partial charge in [-0.25, -0.2) is 8.96 Å². The molecule has 14 heteroatoms. The van der Waals surface area contributed by atoms with Gasteiger partial charge in [-0.3, -0.25) is 28.2 Å². The summed E-state index contributed by atoms with van der Waals surface area (Å²) >= 11 is 4.92.